The third-order valence-electron chi connectivity index (χ3n) is 3.95. The van der Waals surface area contributed by atoms with Crippen molar-refractivity contribution in [3.05, 3.63) is 29.3 Å². The topological polar surface area (TPSA) is 60.9 Å². The Morgan fingerprint density at radius 1 is 1.14 bits per heavy atom. The Balaban J connectivity index is 1.83. The monoisotopic (exact) mass is 306 g/mol. The van der Waals surface area contributed by atoms with E-state index in [-0.39, 0.29) is 11.6 Å². The number of carboxylic acid groups (broad SMARTS) is 1. The summed E-state index contributed by atoms with van der Waals surface area (Å²) in [5.74, 6) is 1.12. The average Bonchev–Trinajstić information content (AvgIpc) is 2.71. The number of carbonyl (C=O) groups is 2. The molecule has 112 valence electrons. The molecule has 0 bridgehead atoms. The van der Waals surface area contributed by atoms with E-state index in [2.05, 4.69) is 0 Å². The first-order chi connectivity index (χ1) is 10.2. The van der Waals surface area contributed by atoms with E-state index in [1.165, 1.54) is 0 Å². The molecule has 2 aliphatic heterocycles. The third kappa shape index (κ3) is 2.85. The molecule has 5 nitrogen and oxygen atoms in total. The molecule has 0 saturated carbocycles. The molecule has 1 aromatic rings. The van der Waals surface area contributed by atoms with Gasteiger partial charge in [0.25, 0.3) is 0 Å². The number of rotatable bonds is 1. The van der Waals surface area contributed by atoms with Gasteiger partial charge in [0.2, 0.25) is 0 Å². The Labute approximate surface area is 127 Å². The lowest BCUT2D eigenvalue weighted by molar-refractivity contribution is 0.0697. The number of hydrogen-bond acceptors (Lipinski definition) is 3. The molecule has 6 heteroatoms. The maximum atomic E-state index is 12.7. The third-order valence-corrected chi connectivity index (χ3v) is 5.00. The maximum Gasteiger partial charge on any atom is 0.335 e. The van der Waals surface area contributed by atoms with Crippen LogP contribution in [-0.4, -0.2) is 53.1 Å². The van der Waals surface area contributed by atoms with Crippen LogP contribution in [0.3, 0.4) is 0 Å². The lowest BCUT2D eigenvalue weighted by atomic mass is 10.1. The molecule has 2 aliphatic rings. The maximum absolute atomic E-state index is 12.7. The molecule has 2 heterocycles. The number of anilines is 1. The van der Waals surface area contributed by atoms with Gasteiger partial charge in [-0.3, -0.25) is 4.90 Å². The normalized spacial score (nSPS) is 18.3. The van der Waals surface area contributed by atoms with Gasteiger partial charge in [0.15, 0.2) is 0 Å². The van der Waals surface area contributed by atoms with Gasteiger partial charge in [-0.05, 0) is 36.3 Å². The first kappa shape index (κ1) is 14.3. The van der Waals surface area contributed by atoms with Crippen LogP contribution in [0.5, 0.6) is 0 Å². The zero-order valence-electron chi connectivity index (χ0n) is 11.7. The van der Waals surface area contributed by atoms with Gasteiger partial charge >= 0.3 is 12.0 Å². The summed E-state index contributed by atoms with van der Waals surface area (Å²) in [4.78, 5) is 27.4. The number of nitrogens with zero attached hydrogens (tertiary/aromatic N) is 2. The van der Waals surface area contributed by atoms with E-state index < -0.39 is 5.97 Å². The number of carboxylic acids is 1. The quantitative estimate of drug-likeness (QED) is 0.865. The highest BCUT2D eigenvalue weighted by molar-refractivity contribution is 7.99. The smallest absolute Gasteiger partial charge is 0.335 e. The molecule has 0 aromatic heterocycles. The van der Waals surface area contributed by atoms with Crippen LogP contribution in [0.15, 0.2) is 18.2 Å². The zero-order chi connectivity index (χ0) is 14.8. The standard InChI is InChI=1S/C15H18N2O3S/c18-14(19)12-3-2-11-4-6-17(13(11)10-12)15(20)16-5-1-8-21-9-7-16/h2-3,10H,1,4-9H2,(H,18,19). The summed E-state index contributed by atoms with van der Waals surface area (Å²) in [7, 11) is 0. The Kier molecular flexibility index (Phi) is 4.05. The number of benzene rings is 1. The van der Waals surface area contributed by atoms with Gasteiger partial charge in [-0.2, -0.15) is 11.8 Å². The molecule has 3 rings (SSSR count). The van der Waals surface area contributed by atoms with Crippen molar-refractivity contribution in [3.8, 4) is 0 Å². The molecule has 21 heavy (non-hydrogen) atoms. The number of hydrogen-bond donors (Lipinski definition) is 1. The fraction of sp³-hybridized carbons (Fsp3) is 0.467. The molecule has 0 radical (unpaired) electrons. The summed E-state index contributed by atoms with van der Waals surface area (Å²) in [6.45, 7) is 2.20. The molecule has 1 N–H and O–H groups in total. The number of fused-ring (bicyclic) bond motifs is 1. The van der Waals surface area contributed by atoms with E-state index in [0.29, 0.717) is 6.54 Å². The fourth-order valence-electron chi connectivity index (χ4n) is 2.82. The second kappa shape index (κ2) is 5.97. The molecule has 1 aromatic carbocycles. The van der Waals surface area contributed by atoms with Crippen LogP contribution in [0.25, 0.3) is 0 Å². The van der Waals surface area contributed by atoms with Crippen LogP contribution in [0, 0.1) is 0 Å². The molecule has 2 amide bonds. The molecule has 0 spiro atoms. The van der Waals surface area contributed by atoms with Crippen LogP contribution in [-0.2, 0) is 6.42 Å². The first-order valence-electron chi connectivity index (χ1n) is 7.17. The SMILES string of the molecule is O=C(O)c1ccc2c(c1)N(C(=O)N1CCCSCC1)CC2. The number of aromatic carboxylic acids is 1. The number of thioether (sulfide) groups is 1. The predicted molar refractivity (Wildman–Crippen MR) is 83.4 cm³/mol. The Hall–Kier alpha value is -1.69. The van der Waals surface area contributed by atoms with Crippen LogP contribution in [0.4, 0.5) is 10.5 Å². The minimum atomic E-state index is -0.955. The molecule has 0 unspecified atom stereocenters. The molecule has 0 aliphatic carbocycles. The van der Waals surface area contributed by atoms with E-state index in [1.54, 1.807) is 17.0 Å². The van der Waals surface area contributed by atoms with Crippen molar-refractivity contribution in [2.24, 2.45) is 0 Å². The number of amides is 2. The van der Waals surface area contributed by atoms with E-state index in [1.807, 2.05) is 22.7 Å². The summed E-state index contributed by atoms with van der Waals surface area (Å²) in [5, 5.41) is 9.11. The van der Waals surface area contributed by atoms with Crippen molar-refractivity contribution in [3.63, 3.8) is 0 Å². The van der Waals surface area contributed by atoms with Gasteiger partial charge in [-0.15, -0.1) is 0 Å². The molecule has 0 atom stereocenters. The van der Waals surface area contributed by atoms with Gasteiger partial charge in [0.05, 0.1) is 5.56 Å². The second-order valence-corrected chi connectivity index (χ2v) is 6.51. The van der Waals surface area contributed by atoms with Gasteiger partial charge in [-0.1, -0.05) is 6.07 Å². The van der Waals surface area contributed by atoms with E-state index in [9.17, 15) is 9.59 Å². The highest BCUT2D eigenvalue weighted by Crippen LogP contribution is 2.30. The van der Waals surface area contributed by atoms with Crippen molar-refractivity contribution < 1.29 is 14.7 Å². The molecule has 1 fully saturated rings. The zero-order valence-corrected chi connectivity index (χ0v) is 12.6. The number of urea groups is 1. The second-order valence-electron chi connectivity index (χ2n) is 5.29. The summed E-state index contributed by atoms with van der Waals surface area (Å²) in [6.07, 6.45) is 1.82. The van der Waals surface area contributed by atoms with E-state index >= 15 is 0 Å². The largest absolute Gasteiger partial charge is 0.478 e. The predicted octanol–water partition coefficient (Wildman–Crippen LogP) is 2.31. The Morgan fingerprint density at radius 3 is 2.81 bits per heavy atom. The van der Waals surface area contributed by atoms with E-state index in [4.69, 9.17) is 5.11 Å². The highest BCUT2D eigenvalue weighted by Gasteiger charge is 2.29. The Bertz CT molecular complexity index is 568. The lowest BCUT2D eigenvalue weighted by Crippen LogP contribution is -2.43. The van der Waals surface area contributed by atoms with Crippen LogP contribution in [0.2, 0.25) is 0 Å². The molecule has 1 saturated heterocycles. The van der Waals surface area contributed by atoms with Crippen molar-refractivity contribution in [2.45, 2.75) is 12.8 Å². The highest BCUT2D eigenvalue weighted by atomic mass is 32.2. The van der Waals surface area contributed by atoms with Gasteiger partial charge < -0.3 is 10.0 Å². The summed E-state index contributed by atoms with van der Waals surface area (Å²) in [5.41, 5.74) is 2.05. The van der Waals surface area contributed by atoms with Crippen LogP contribution < -0.4 is 4.90 Å². The summed E-state index contributed by atoms with van der Waals surface area (Å²) < 4.78 is 0. The lowest BCUT2D eigenvalue weighted by Gasteiger charge is -2.27. The first-order valence-corrected chi connectivity index (χ1v) is 8.32. The Morgan fingerprint density at radius 2 is 2.00 bits per heavy atom. The van der Waals surface area contributed by atoms with Crippen molar-refractivity contribution in [1.29, 1.82) is 0 Å². The summed E-state index contributed by atoms with van der Waals surface area (Å²) >= 11 is 1.88. The van der Waals surface area contributed by atoms with Crippen molar-refractivity contribution >= 4 is 29.4 Å². The van der Waals surface area contributed by atoms with Crippen LogP contribution >= 0.6 is 11.8 Å². The molecular weight excluding hydrogens is 288 g/mol. The van der Waals surface area contributed by atoms with Gasteiger partial charge in [0, 0.05) is 31.1 Å². The molecular formula is C15H18N2O3S. The van der Waals surface area contributed by atoms with Gasteiger partial charge in [-0.25, -0.2) is 9.59 Å². The number of carbonyl (C=O) groups excluding carboxylic acids is 1. The summed E-state index contributed by atoms with van der Waals surface area (Å²) in [6, 6.07) is 5.07. The van der Waals surface area contributed by atoms with Crippen molar-refractivity contribution in [2.75, 3.05) is 36.0 Å². The van der Waals surface area contributed by atoms with E-state index in [0.717, 1.165) is 48.7 Å². The van der Waals surface area contributed by atoms with Crippen LogP contribution in [0.1, 0.15) is 22.3 Å². The minimum Gasteiger partial charge on any atom is -0.478 e. The van der Waals surface area contributed by atoms with Crippen molar-refractivity contribution in [1.82, 2.24) is 4.90 Å². The fourth-order valence-corrected chi connectivity index (χ4v) is 3.71. The van der Waals surface area contributed by atoms with Gasteiger partial charge in [0.1, 0.15) is 0 Å². The average molecular weight is 306 g/mol. The minimum absolute atomic E-state index is 0.0128.